The number of carbonyl (C=O) groups excluding carboxylic acids is 1. The van der Waals surface area contributed by atoms with Gasteiger partial charge in [0.15, 0.2) is 5.78 Å². The van der Waals surface area contributed by atoms with E-state index in [9.17, 15) is 19.8 Å². The monoisotopic (exact) mass is 594 g/mol. The van der Waals surface area contributed by atoms with Crippen molar-refractivity contribution in [2.75, 3.05) is 0 Å². The molecule has 226 valence electrons. The van der Waals surface area contributed by atoms with E-state index in [1.54, 1.807) is 6.07 Å². The van der Waals surface area contributed by atoms with Gasteiger partial charge in [-0.05, 0) is 62.5 Å². The average molecular weight is 594 g/mol. The number of ether oxygens (including phenoxy) is 2. The molecule has 1 aliphatic rings. The van der Waals surface area contributed by atoms with Crippen molar-refractivity contribution in [3.63, 3.8) is 0 Å². The van der Waals surface area contributed by atoms with Crippen LogP contribution in [-0.2, 0) is 29.1 Å². The van der Waals surface area contributed by atoms with Gasteiger partial charge >= 0.3 is 13.1 Å². The molecule has 0 spiro atoms. The molecule has 8 nitrogen and oxygen atoms in total. The lowest BCUT2D eigenvalue weighted by Crippen LogP contribution is -2.41. The number of aromatic carboxylic acids is 1. The van der Waals surface area contributed by atoms with Gasteiger partial charge in [-0.15, -0.1) is 0 Å². The Hall–Kier alpha value is -4.44. The molecule has 1 saturated heterocycles. The van der Waals surface area contributed by atoms with Gasteiger partial charge in [-0.25, -0.2) is 4.79 Å². The van der Waals surface area contributed by atoms with Gasteiger partial charge in [-0.2, -0.15) is 0 Å². The Morgan fingerprint density at radius 1 is 0.727 bits per heavy atom. The van der Waals surface area contributed by atoms with Gasteiger partial charge in [0.1, 0.15) is 24.7 Å². The van der Waals surface area contributed by atoms with Crippen LogP contribution in [0.4, 0.5) is 0 Å². The number of rotatable bonds is 11. The molecule has 0 aromatic heterocycles. The van der Waals surface area contributed by atoms with Crippen LogP contribution in [0, 0.1) is 0 Å². The second-order valence-electron chi connectivity index (χ2n) is 11.7. The third-order valence-electron chi connectivity index (χ3n) is 8.11. The first kappa shape index (κ1) is 31.0. The lowest BCUT2D eigenvalue weighted by molar-refractivity contribution is 0.00578. The summed E-state index contributed by atoms with van der Waals surface area (Å²) in [7, 11) is -0.790. The highest BCUT2D eigenvalue weighted by Gasteiger charge is 2.51. The lowest BCUT2D eigenvalue weighted by atomic mass is 9.77. The molecule has 1 aliphatic heterocycles. The summed E-state index contributed by atoms with van der Waals surface area (Å²) in [6.07, 6.45) is 0. The maximum absolute atomic E-state index is 14.0. The summed E-state index contributed by atoms with van der Waals surface area (Å²) < 4.78 is 24.4. The number of aliphatic hydroxyl groups is 1. The number of hydrogen-bond donors (Lipinski definition) is 2. The molecule has 4 aromatic carbocycles. The fourth-order valence-electron chi connectivity index (χ4n) is 4.85. The van der Waals surface area contributed by atoms with E-state index in [2.05, 4.69) is 0 Å². The molecule has 5 rings (SSSR count). The zero-order valence-electron chi connectivity index (χ0n) is 25.2. The third kappa shape index (κ3) is 6.55. The van der Waals surface area contributed by atoms with Crippen molar-refractivity contribution in [3.05, 3.63) is 124 Å². The quantitative estimate of drug-likeness (QED) is 0.171. The van der Waals surface area contributed by atoms with Gasteiger partial charge in [0.2, 0.25) is 0 Å². The van der Waals surface area contributed by atoms with Crippen LogP contribution in [0.3, 0.4) is 0 Å². The zero-order valence-corrected chi connectivity index (χ0v) is 25.2. The highest BCUT2D eigenvalue weighted by Crippen LogP contribution is 2.37. The zero-order chi connectivity index (χ0) is 31.5. The van der Waals surface area contributed by atoms with E-state index in [4.69, 9.17) is 18.8 Å². The number of carboxylic acids is 1. The lowest BCUT2D eigenvalue weighted by Gasteiger charge is -2.32. The number of aliphatic hydroxyl groups excluding tert-OH is 1. The molecule has 0 bridgehead atoms. The fourth-order valence-corrected chi connectivity index (χ4v) is 4.85. The number of carboxylic acid groups (broad SMARTS) is 1. The molecular formula is C35H35BO8. The Labute approximate surface area is 257 Å². The van der Waals surface area contributed by atoms with Crippen molar-refractivity contribution in [1.82, 2.24) is 0 Å². The topological polar surface area (TPSA) is 112 Å². The van der Waals surface area contributed by atoms with E-state index in [1.165, 1.54) is 24.3 Å². The summed E-state index contributed by atoms with van der Waals surface area (Å²) in [4.78, 5) is 26.4. The smallest absolute Gasteiger partial charge is 0.488 e. The minimum absolute atomic E-state index is 0.0162. The number of carbonyl (C=O) groups is 2. The van der Waals surface area contributed by atoms with E-state index in [1.807, 2.05) is 88.4 Å². The largest absolute Gasteiger partial charge is 0.494 e. The Bertz CT molecular complexity index is 1570. The van der Waals surface area contributed by atoms with Gasteiger partial charge in [-0.3, -0.25) is 4.79 Å². The Kier molecular flexibility index (Phi) is 8.92. The molecule has 44 heavy (non-hydrogen) atoms. The van der Waals surface area contributed by atoms with Crippen molar-refractivity contribution in [2.24, 2.45) is 0 Å². The highest BCUT2D eigenvalue weighted by atomic mass is 16.7. The first-order valence-corrected chi connectivity index (χ1v) is 14.4. The minimum Gasteiger partial charge on any atom is -0.488 e. The maximum Gasteiger partial charge on any atom is 0.494 e. The Morgan fingerprint density at radius 3 is 1.68 bits per heavy atom. The van der Waals surface area contributed by atoms with Gasteiger partial charge in [0.25, 0.3) is 0 Å². The SMILES string of the molecule is CC1(C)OB(c2ccc(C(=O)c3cc(OCc4ccccc4)c(CO)c(OCc4ccccc4)c3)c(C(=O)O)c2)OC1(C)C. The normalized spacial score (nSPS) is 15.2. The van der Waals surface area contributed by atoms with Gasteiger partial charge in [0.05, 0.1) is 28.9 Å². The summed E-state index contributed by atoms with van der Waals surface area (Å²) in [5, 5.41) is 20.4. The summed E-state index contributed by atoms with van der Waals surface area (Å²) >= 11 is 0. The average Bonchev–Trinajstić information content (AvgIpc) is 3.24. The van der Waals surface area contributed by atoms with Gasteiger partial charge in [0, 0.05) is 11.1 Å². The molecular weight excluding hydrogens is 559 g/mol. The van der Waals surface area contributed by atoms with E-state index >= 15 is 0 Å². The molecule has 0 amide bonds. The second-order valence-corrected chi connectivity index (χ2v) is 11.7. The first-order chi connectivity index (χ1) is 21.0. The Morgan fingerprint density at radius 2 is 1.23 bits per heavy atom. The first-order valence-electron chi connectivity index (χ1n) is 14.4. The molecule has 0 aliphatic carbocycles. The van der Waals surface area contributed by atoms with E-state index in [0.29, 0.717) is 11.0 Å². The number of hydrogen-bond acceptors (Lipinski definition) is 7. The van der Waals surface area contributed by atoms with Crippen LogP contribution >= 0.6 is 0 Å². The van der Waals surface area contributed by atoms with Crippen LogP contribution in [0.2, 0.25) is 0 Å². The summed E-state index contributed by atoms with van der Waals surface area (Å²) in [6, 6.07) is 26.5. The minimum atomic E-state index is -1.26. The highest BCUT2D eigenvalue weighted by molar-refractivity contribution is 6.62. The van der Waals surface area contributed by atoms with Crippen molar-refractivity contribution >= 4 is 24.3 Å². The van der Waals surface area contributed by atoms with E-state index in [0.717, 1.165) is 11.1 Å². The molecule has 9 heteroatoms. The Balaban J connectivity index is 1.51. The van der Waals surface area contributed by atoms with Crippen LogP contribution in [0.1, 0.15) is 70.7 Å². The standard InChI is InChI=1S/C35H35BO8/c1-34(2)35(3,4)44-36(43-34)26-15-16-27(28(19-26)33(39)40)32(38)25-17-30(41-21-23-11-7-5-8-12-23)29(20-37)31(18-25)42-22-24-13-9-6-10-14-24/h5-19,37H,20-22H2,1-4H3,(H,39,40). The number of ketones is 1. The van der Waals surface area contributed by atoms with Gasteiger partial charge < -0.3 is 29.0 Å². The maximum atomic E-state index is 14.0. The third-order valence-corrected chi connectivity index (χ3v) is 8.11. The van der Waals surface area contributed by atoms with E-state index in [-0.39, 0.29) is 41.4 Å². The van der Waals surface area contributed by atoms with Crippen molar-refractivity contribution in [3.8, 4) is 11.5 Å². The molecule has 4 aromatic rings. The molecule has 0 radical (unpaired) electrons. The van der Waals surface area contributed by atoms with Crippen LogP contribution in [-0.4, -0.2) is 40.3 Å². The van der Waals surface area contributed by atoms with Crippen LogP contribution in [0.5, 0.6) is 11.5 Å². The van der Waals surface area contributed by atoms with Gasteiger partial charge in [-0.1, -0.05) is 72.8 Å². The second kappa shape index (κ2) is 12.7. The predicted octanol–water partition coefficient (Wildman–Crippen LogP) is 5.57. The molecule has 2 N–H and O–H groups in total. The predicted molar refractivity (Wildman–Crippen MR) is 166 cm³/mol. The van der Waals surface area contributed by atoms with Crippen molar-refractivity contribution in [2.45, 2.75) is 58.7 Å². The molecule has 1 heterocycles. The van der Waals surface area contributed by atoms with Crippen LogP contribution in [0.15, 0.2) is 91.0 Å². The fraction of sp³-hybridized carbons (Fsp3) is 0.257. The van der Waals surface area contributed by atoms with E-state index < -0.39 is 36.7 Å². The molecule has 1 fully saturated rings. The van der Waals surface area contributed by atoms with Crippen LogP contribution < -0.4 is 14.9 Å². The molecule has 0 unspecified atom stereocenters. The van der Waals surface area contributed by atoms with Crippen molar-refractivity contribution in [1.29, 1.82) is 0 Å². The van der Waals surface area contributed by atoms with Crippen molar-refractivity contribution < 1.29 is 38.6 Å². The molecule has 0 atom stereocenters. The number of benzene rings is 4. The molecule has 0 saturated carbocycles. The summed E-state index contributed by atoms with van der Waals surface area (Å²) in [6.45, 7) is 7.62. The summed E-state index contributed by atoms with van der Waals surface area (Å²) in [5.74, 6) is -1.28. The summed E-state index contributed by atoms with van der Waals surface area (Å²) in [5.41, 5.74) is 1.38. The van der Waals surface area contributed by atoms with Crippen LogP contribution in [0.25, 0.3) is 0 Å².